The van der Waals surface area contributed by atoms with Crippen molar-refractivity contribution in [1.29, 1.82) is 0 Å². The number of fused-ring (bicyclic) bond motifs is 1. The molecule has 0 aliphatic carbocycles. The highest BCUT2D eigenvalue weighted by atomic mass is 16.5. The summed E-state index contributed by atoms with van der Waals surface area (Å²) >= 11 is 0. The first-order chi connectivity index (χ1) is 14.0. The fraction of sp³-hybridized carbons (Fsp3) is 0.348. The van der Waals surface area contributed by atoms with Crippen molar-refractivity contribution in [3.05, 3.63) is 64.4 Å². The second kappa shape index (κ2) is 8.17. The summed E-state index contributed by atoms with van der Waals surface area (Å²) in [5.41, 5.74) is 3.65. The van der Waals surface area contributed by atoms with Gasteiger partial charge in [0.1, 0.15) is 5.75 Å². The molecule has 152 valence electrons. The molecule has 1 fully saturated rings. The van der Waals surface area contributed by atoms with E-state index in [4.69, 9.17) is 4.74 Å². The lowest BCUT2D eigenvalue weighted by molar-refractivity contribution is 0.154. The van der Waals surface area contributed by atoms with Gasteiger partial charge in [-0.15, -0.1) is 0 Å². The molecule has 2 heterocycles. The molecule has 1 saturated heterocycles. The minimum absolute atomic E-state index is 0.00547. The largest absolute Gasteiger partial charge is 0.497 e. The van der Waals surface area contributed by atoms with Crippen molar-refractivity contribution in [2.24, 2.45) is 7.05 Å². The molecule has 0 spiro atoms. The monoisotopic (exact) mass is 393 g/mol. The molecular weight excluding hydrogens is 366 g/mol. The number of nitrogens with one attached hydrogen (secondary N) is 1. The maximum absolute atomic E-state index is 12.7. The van der Waals surface area contributed by atoms with E-state index in [0.717, 1.165) is 47.4 Å². The zero-order chi connectivity index (χ0) is 20.4. The second-order valence-corrected chi connectivity index (χ2v) is 7.60. The van der Waals surface area contributed by atoms with Gasteiger partial charge in [-0.05, 0) is 61.4 Å². The van der Waals surface area contributed by atoms with Gasteiger partial charge < -0.3 is 24.6 Å². The summed E-state index contributed by atoms with van der Waals surface area (Å²) in [6.45, 7) is 2.10. The SMILES string of the molecule is COc1ccc2c(c1)cc(CNc1ccc(N3CCC[C@@H](O)C3)cc1)c(=O)n2C. The minimum atomic E-state index is -0.246. The van der Waals surface area contributed by atoms with Crippen molar-refractivity contribution in [3.8, 4) is 5.75 Å². The average Bonchev–Trinajstić information content (AvgIpc) is 2.75. The molecule has 2 aromatic carbocycles. The van der Waals surface area contributed by atoms with E-state index < -0.39 is 0 Å². The van der Waals surface area contributed by atoms with Crippen LogP contribution in [0.1, 0.15) is 18.4 Å². The van der Waals surface area contributed by atoms with Crippen LogP contribution in [0.15, 0.2) is 53.3 Å². The highest BCUT2D eigenvalue weighted by Gasteiger charge is 2.17. The fourth-order valence-corrected chi connectivity index (χ4v) is 3.96. The molecule has 6 heteroatoms. The van der Waals surface area contributed by atoms with Crippen LogP contribution in [0.2, 0.25) is 0 Å². The number of anilines is 2. The van der Waals surface area contributed by atoms with Gasteiger partial charge in [-0.3, -0.25) is 4.79 Å². The van der Waals surface area contributed by atoms with Crippen LogP contribution in [0.3, 0.4) is 0 Å². The fourth-order valence-electron chi connectivity index (χ4n) is 3.96. The number of methoxy groups -OCH3 is 1. The molecule has 2 N–H and O–H groups in total. The van der Waals surface area contributed by atoms with Gasteiger partial charge in [-0.25, -0.2) is 0 Å². The van der Waals surface area contributed by atoms with Crippen molar-refractivity contribution in [3.63, 3.8) is 0 Å². The quantitative estimate of drug-likeness (QED) is 0.697. The number of nitrogens with zero attached hydrogens (tertiary/aromatic N) is 2. The number of ether oxygens (including phenoxy) is 1. The summed E-state index contributed by atoms with van der Waals surface area (Å²) in [6, 6.07) is 15.8. The zero-order valence-electron chi connectivity index (χ0n) is 16.9. The van der Waals surface area contributed by atoms with Crippen molar-refractivity contribution in [1.82, 2.24) is 4.57 Å². The minimum Gasteiger partial charge on any atom is -0.497 e. The van der Waals surface area contributed by atoms with Crippen molar-refractivity contribution >= 4 is 22.3 Å². The van der Waals surface area contributed by atoms with E-state index in [9.17, 15) is 9.90 Å². The van der Waals surface area contributed by atoms with E-state index in [1.54, 1.807) is 18.7 Å². The summed E-state index contributed by atoms with van der Waals surface area (Å²) in [5, 5.41) is 14.2. The Bertz CT molecular complexity index is 1060. The predicted octanol–water partition coefficient (Wildman–Crippen LogP) is 3.12. The number of aromatic nitrogens is 1. The lowest BCUT2D eigenvalue weighted by Crippen LogP contribution is -2.38. The molecule has 1 aliphatic rings. The van der Waals surface area contributed by atoms with Gasteiger partial charge in [0.25, 0.3) is 5.56 Å². The first-order valence-corrected chi connectivity index (χ1v) is 9.99. The molecule has 1 aliphatic heterocycles. The predicted molar refractivity (Wildman–Crippen MR) is 117 cm³/mol. The van der Waals surface area contributed by atoms with Crippen LogP contribution in [-0.2, 0) is 13.6 Å². The summed E-state index contributed by atoms with van der Waals surface area (Å²) < 4.78 is 6.98. The summed E-state index contributed by atoms with van der Waals surface area (Å²) in [6.07, 6.45) is 1.64. The highest BCUT2D eigenvalue weighted by Crippen LogP contribution is 2.23. The van der Waals surface area contributed by atoms with E-state index in [2.05, 4.69) is 22.3 Å². The molecule has 1 aromatic heterocycles. The number of pyridine rings is 1. The van der Waals surface area contributed by atoms with Gasteiger partial charge in [-0.1, -0.05) is 0 Å². The Kier molecular flexibility index (Phi) is 5.45. The number of β-amino-alcohol motifs (C(OH)–C–C–N with tert-alkyl or cyclic N) is 1. The Morgan fingerprint density at radius 3 is 2.69 bits per heavy atom. The maximum atomic E-state index is 12.7. The van der Waals surface area contributed by atoms with Crippen LogP contribution in [0, 0.1) is 0 Å². The van der Waals surface area contributed by atoms with Gasteiger partial charge in [0, 0.05) is 49.0 Å². The Balaban J connectivity index is 1.50. The van der Waals surface area contributed by atoms with E-state index >= 15 is 0 Å². The maximum Gasteiger partial charge on any atom is 0.255 e. The van der Waals surface area contributed by atoms with Crippen molar-refractivity contribution < 1.29 is 9.84 Å². The van der Waals surface area contributed by atoms with E-state index in [0.29, 0.717) is 18.7 Å². The molecule has 0 saturated carbocycles. The molecule has 0 amide bonds. The molecule has 0 radical (unpaired) electrons. The Morgan fingerprint density at radius 1 is 1.17 bits per heavy atom. The zero-order valence-corrected chi connectivity index (χ0v) is 16.9. The van der Waals surface area contributed by atoms with Crippen LogP contribution >= 0.6 is 0 Å². The second-order valence-electron chi connectivity index (χ2n) is 7.60. The smallest absolute Gasteiger partial charge is 0.255 e. The first kappa shape index (κ1) is 19.3. The third-order valence-electron chi connectivity index (χ3n) is 5.62. The van der Waals surface area contributed by atoms with Crippen LogP contribution in [-0.4, -0.2) is 36.0 Å². The summed E-state index contributed by atoms with van der Waals surface area (Å²) in [7, 11) is 3.43. The van der Waals surface area contributed by atoms with Crippen LogP contribution in [0.4, 0.5) is 11.4 Å². The van der Waals surface area contributed by atoms with E-state index in [1.165, 1.54) is 0 Å². The molecule has 0 unspecified atom stereocenters. The Hall–Kier alpha value is -2.99. The highest BCUT2D eigenvalue weighted by molar-refractivity contribution is 5.81. The van der Waals surface area contributed by atoms with Crippen LogP contribution in [0.5, 0.6) is 5.75 Å². The van der Waals surface area contributed by atoms with Gasteiger partial charge in [0.15, 0.2) is 0 Å². The number of benzene rings is 2. The Morgan fingerprint density at radius 2 is 1.97 bits per heavy atom. The van der Waals surface area contributed by atoms with E-state index in [1.807, 2.05) is 36.4 Å². The van der Waals surface area contributed by atoms with Gasteiger partial charge in [0.05, 0.1) is 18.7 Å². The van der Waals surface area contributed by atoms with Gasteiger partial charge in [0.2, 0.25) is 0 Å². The standard InChI is InChI=1S/C23H27N3O3/c1-25-22-10-9-21(29-2)13-16(22)12-17(23(25)28)14-24-18-5-7-19(8-6-18)26-11-3-4-20(27)15-26/h5-10,12-13,20,24,27H,3-4,11,14-15H2,1-2H3/t20-/m1/s1. The molecule has 0 bridgehead atoms. The topological polar surface area (TPSA) is 66.7 Å². The number of hydrogen-bond donors (Lipinski definition) is 2. The van der Waals surface area contributed by atoms with Crippen molar-refractivity contribution in [2.75, 3.05) is 30.4 Å². The molecule has 29 heavy (non-hydrogen) atoms. The number of rotatable bonds is 5. The van der Waals surface area contributed by atoms with Crippen LogP contribution in [0.25, 0.3) is 10.9 Å². The van der Waals surface area contributed by atoms with Crippen molar-refractivity contribution in [2.45, 2.75) is 25.5 Å². The normalized spacial score (nSPS) is 16.8. The van der Waals surface area contributed by atoms with Gasteiger partial charge >= 0.3 is 0 Å². The Labute approximate surface area is 170 Å². The third-order valence-corrected chi connectivity index (χ3v) is 5.62. The number of aryl methyl sites for hydroxylation is 1. The number of hydrogen-bond acceptors (Lipinski definition) is 5. The number of piperidine rings is 1. The molecule has 3 aromatic rings. The third kappa shape index (κ3) is 4.07. The molecular formula is C23H27N3O3. The molecule has 6 nitrogen and oxygen atoms in total. The van der Waals surface area contributed by atoms with Gasteiger partial charge in [-0.2, -0.15) is 0 Å². The number of aliphatic hydroxyl groups is 1. The van der Waals surface area contributed by atoms with E-state index in [-0.39, 0.29) is 11.7 Å². The molecule has 1 atom stereocenters. The lowest BCUT2D eigenvalue weighted by atomic mass is 10.1. The summed E-state index contributed by atoms with van der Waals surface area (Å²) in [5.74, 6) is 0.772. The molecule has 4 rings (SSSR count). The lowest BCUT2D eigenvalue weighted by Gasteiger charge is -2.32. The summed E-state index contributed by atoms with van der Waals surface area (Å²) in [4.78, 5) is 14.9. The first-order valence-electron chi connectivity index (χ1n) is 9.99. The van der Waals surface area contributed by atoms with Crippen LogP contribution < -0.4 is 20.5 Å². The average molecular weight is 393 g/mol. The number of aliphatic hydroxyl groups excluding tert-OH is 1.